The molecule has 1 fully saturated rings. The van der Waals surface area contributed by atoms with Gasteiger partial charge >= 0.3 is 0 Å². The molecule has 0 saturated carbocycles. The van der Waals surface area contributed by atoms with Gasteiger partial charge in [0.1, 0.15) is 11.6 Å². The Bertz CT molecular complexity index is 430. The van der Waals surface area contributed by atoms with E-state index < -0.39 is 0 Å². The molecule has 2 heterocycles. The van der Waals surface area contributed by atoms with Crippen LogP contribution >= 0.6 is 0 Å². The van der Waals surface area contributed by atoms with E-state index in [9.17, 15) is 0 Å². The lowest BCUT2D eigenvalue weighted by atomic mass is 9.92. The molecule has 0 spiro atoms. The van der Waals surface area contributed by atoms with Crippen LogP contribution in [0.3, 0.4) is 0 Å². The van der Waals surface area contributed by atoms with Gasteiger partial charge in [0.25, 0.3) is 0 Å². The second-order valence-electron chi connectivity index (χ2n) is 6.09. The van der Waals surface area contributed by atoms with Gasteiger partial charge in [-0.15, -0.1) is 0 Å². The number of hydrogen-bond donors (Lipinski definition) is 1. The summed E-state index contributed by atoms with van der Waals surface area (Å²) < 4.78 is 0. The Morgan fingerprint density at radius 2 is 2.16 bits per heavy atom. The summed E-state index contributed by atoms with van der Waals surface area (Å²) in [5.41, 5.74) is 6.99. The van der Waals surface area contributed by atoms with Gasteiger partial charge in [0.2, 0.25) is 0 Å². The minimum absolute atomic E-state index is 0.360. The first-order chi connectivity index (χ1) is 9.01. The normalized spacial score (nSPS) is 24.0. The molecule has 1 aromatic rings. The number of aryl methyl sites for hydroxylation is 1. The number of nitrogens with zero attached hydrogens (tertiary/aromatic N) is 3. The Morgan fingerprint density at radius 3 is 2.79 bits per heavy atom. The highest BCUT2D eigenvalue weighted by Gasteiger charge is 2.26. The molecule has 1 aliphatic rings. The van der Waals surface area contributed by atoms with Crippen molar-refractivity contribution in [2.75, 3.05) is 18.0 Å². The van der Waals surface area contributed by atoms with Gasteiger partial charge in [-0.05, 0) is 25.7 Å². The first-order valence-corrected chi connectivity index (χ1v) is 7.33. The third-order valence-electron chi connectivity index (χ3n) is 3.92. The minimum Gasteiger partial charge on any atom is -0.352 e. The fraction of sp³-hybridized carbons (Fsp3) is 0.733. The van der Waals surface area contributed by atoms with E-state index in [1.807, 2.05) is 6.92 Å². The maximum atomic E-state index is 5.94. The molecule has 1 aromatic heterocycles. The van der Waals surface area contributed by atoms with Crippen LogP contribution in [0.2, 0.25) is 0 Å². The maximum Gasteiger partial charge on any atom is 0.133 e. The lowest BCUT2D eigenvalue weighted by Gasteiger charge is -2.39. The average Bonchev–Trinajstić information content (AvgIpc) is 2.37. The minimum atomic E-state index is 0.360. The smallest absolute Gasteiger partial charge is 0.133 e. The number of anilines is 1. The van der Waals surface area contributed by atoms with Gasteiger partial charge in [-0.3, -0.25) is 0 Å². The third-order valence-corrected chi connectivity index (χ3v) is 3.92. The van der Waals surface area contributed by atoms with Crippen LogP contribution in [0.4, 0.5) is 5.82 Å². The van der Waals surface area contributed by atoms with Gasteiger partial charge in [0, 0.05) is 36.8 Å². The van der Waals surface area contributed by atoms with Crippen LogP contribution in [0.5, 0.6) is 0 Å². The van der Waals surface area contributed by atoms with E-state index in [0.29, 0.717) is 18.5 Å². The second kappa shape index (κ2) is 5.87. The van der Waals surface area contributed by atoms with Crippen molar-refractivity contribution >= 4 is 5.82 Å². The zero-order chi connectivity index (χ0) is 14.0. The summed E-state index contributed by atoms with van der Waals surface area (Å²) in [5.74, 6) is 3.11. The second-order valence-corrected chi connectivity index (χ2v) is 6.09. The number of aromatic nitrogens is 2. The topological polar surface area (TPSA) is 55.0 Å². The predicted octanol–water partition coefficient (Wildman–Crippen LogP) is 2.47. The quantitative estimate of drug-likeness (QED) is 0.909. The summed E-state index contributed by atoms with van der Waals surface area (Å²) in [7, 11) is 0. The Kier molecular flexibility index (Phi) is 4.40. The molecule has 0 aliphatic carbocycles. The fourth-order valence-electron chi connectivity index (χ4n) is 2.76. The fourth-order valence-corrected chi connectivity index (χ4v) is 2.76. The molecule has 1 saturated heterocycles. The molecule has 0 aromatic carbocycles. The van der Waals surface area contributed by atoms with Crippen molar-refractivity contribution in [3.05, 3.63) is 17.6 Å². The molecule has 1 aliphatic heterocycles. The zero-order valence-electron chi connectivity index (χ0n) is 12.6. The van der Waals surface area contributed by atoms with Crippen LogP contribution in [-0.4, -0.2) is 29.1 Å². The van der Waals surface area contributed by atoms with Crippen molar-refractivity contribution in [2.24, 2.45) is 11.7 Å². The summed E-state index contributed by atoms with van der Waals surface area (Å²) in [5, 5.41) is 0. The summed E-state index contributed by atoms with van der Waals surface area (Å²) in [6, 6.07) is 2.50. The van der Waals surface area contributed by atoms with Crippen LogP contribution in [0.1, 0.15) is 51.0 Å². The summed E-state index contributed by atoms with van der Waals surface area (Å²) in [6.07, 6.45) is 2.38. The molecule has 4 heteroatoms. The first kappa shape index (κ1) is 14.3. The number of hydrogen-bond acceptors (Lipinski definition) is 4. The largest absolute Gasteiger partial charge is 0.352 e. The monoisotopic (exact) mass is 262 g/mol. The molecule has 2 N–H and O–H groups in total. The molecule has 2 unspecified atom stereocenters. The Balaban J connectivity index is 2.29. The van der Waals surface area contributed by atoms with E-state index >= 15 is 0 Å². The van der Waals surface area contributed by atoms with Crippen molar-refractivity contribution < 1.29 is 0 Å². The standard InChI is InChI=1S/C15H26N4/c1-10(2)15-17-12(4)8-14(18-15)19-6-5-11(3)7-13(19)9-16/h8,10-11,13H,5-7,9,16H2,1-4H3. The Morgan fingerprint density at radius 1 is 1.42 bits per heavy atom. The van der Waals surface area contributed by atoms with Gasteiger partial charge in [-0.25, -0.2) is 9.97 Å². The van der Waals surface area contributed by atoms with E-state index in [2.05, 4.69) is 36.7 Å². The van der Waals surface area contributed by atoms with Crippen molar-refractivity contribution in [3.63, 3.8) is 0 Å². The summed E-state index contributed by atoms with van der Waals surface area (Å²) in [6.45, 7) is 10.4. The Labute approximate surface area is 116 Å². The van der Waals surface area contributed by atoms with Gasteiger partial charge in [0.05, 0.1) is 0 Å². The average molecular weight is 262 g/mol. The SMILES string of the molecule is Cc1cc(N2CCC(C)CC2CN)nc(C(C)C)n1. The third kappa shape index (κ3) is 3.24. The molecule has 0 amide bonds. The summed E-state index contributed by atoms with van der Waals surface area (Å²) in [4.78, 5) is 11.6. The van der Waals surface area contributed by atoms with Gasteiger partial charge in [0.15, 0.2) is 0 Å². The lowest BCUT2D eigenvalue weighted by Crippen LogP contribution is -2.46. The van der Waals surface area contributed by atoms with Gasteiger partial charge < -0.3 is 10.6 Å². The molecule has 4 nitrogen and oxygen atoms in total. The Hall–Kier alpha value is -1.16. The highest BCUT2D eigenvalue weighted by molar-refractivity contribution is 5.42. The van der Waals surface area contributed by atoms with Crippen molar-refractivity contribution in [1.29, 1.82) is 0 Å². The van der Waals surface area contributed by atoms with Crippen LogP contribution in [0.25, 0.3) is 0 Å². The number of nitrogens with two attached hydrogens (primary N) is 1. The molecule has 19 heavy (non-hydrogen) atoms. The molecular formula is C15H26N4. The van der Waals surface area contributed by atoms with E-state index in [-0.39, 0.29) is 0 Å². The molecule has 106 valence electrons. The van der Waals surface area contributed by atoms with E-state index in [1.165, 1.54) is 6.42 Å². The van der Waals surface area contributed by atoms with Crippen LogP contribution in [0.15, 0.2) is 6.07 Å². The zero-order valence-corrected chi connectivity index (χ0v) is 12.6. The summed E-state index contributed by atoms with van der Waals surface area (Å²) >= 11 is 0. The van der Waals surface area contributed by atoms with Crippen LogP contribution in [-0.2, 0) is 0 Å². The van der Waals surface area contributed by atoms with Crippen molar-refractivity contribution in [2.45, 2.75) is 52.5 Å². The molecule has 2 rings (SSSR count). The van der Waals surface area contributed by atoms with Gasteiger partial charge in [-0.1, -0.05) is 20.8 Å². The highest BCUT2D eigenvalue weighted by atomic mass is 15.2. The van der Waals surface area contributed by atoms with Crippen LogP contribution in [0, 0.1) is 12.8 Å². The van der Waals surface area contributed by atoms with Crippen molar-refractivity contribution in [1.82, 2.24) is 9.97 Å². The van der Waals surface area contributed by atoms with Gasteiger partial charge in [-0.2, -0.15) is 0 Å². The van der Waals surface area contributed by atoms with E-state index in [1.54, 1.807) is 0 Å². The lowest BCUT2D eigenvalue weighted by molar-refractivity contribution is 0.364. The highest BCUT2D eigenvalue weighted by Crippen LogP contribution is 2.27. The van der Waals surface area contributed by atoms with E-state index in [4.69, 9.17) is 10.7 Å². The molecule has 0 bridgehead atoms. The van der Waals surface area contributed by atoms with Crippen LogP contribution < -0.4 is 10.6 Å². The molecule has 0 radical (unpaired) electrons. The molecular weight excluding hydrogens is 236 g/mol. The van der Waals surface area contributed by atoms with Crippen molar-refractivity contribution in [3.8, 4) is 0 Å². The maximum absolute atomic E-state index is 5.94. The predicted molar refractivity (Wildman–Crippen MR) is 79.4 cm³/mol. The first-order valence-electron chi connectivity index (χ1n) is 7.33. The van der Waals surface area contributed by atoms with E-state index in [0.717, 1.165) is 36.2 Å². The number of rotatable bonds is 3. The molecule has 2 atom stereocenters. The number of piperidine rings is 1.